The van der Waals surface area contributed by atoms with Crippen LogP contribution in [0.3, 0.4) is 0 Å². The molecule has 6 heteroatoms. The Bertz CT molecular complexity index is 666. The van der Waals surface area contributed by atoms with Crippen LogP contribution in [0.4, 0.5) is 0 Å². The van der Waals surface area contributed by atoms with E-state index in [1.165, 1.54) is 0 Å². The number of aryl methyl sites for hydroxylation is 1. The number of hydrogen-bond donors (Lipinski definition) is 1. The standard InChI is InChI=1S/C12H14N4OS/c1-8-11(7-17)9(2)16(14-8)6-10-5-15-3-4-18-12(15)13-10/h3-5,17H,6-7H2,1-2H3. The highest BCUT2D eigenvalue weighted by atomic mass is 32.1. The number of aromatic nitrogens is 4. The van der Waals surface area contributed by atoms with Crippen molar-refractivity contribution in [3.05, 3.63) is 40.4 Å². The molecule has 0 amide bonds. The van der Waals surface area contributed by atoms with Gasteiger partial charge in [0.25, 0.3) is 0 Å². The van der Waals surface area contributed by atoms with E-state index < -0.39 is 0 Å². The first-order chi connectivity index (χ1) is 8.69. The number of aliphatic hydroxyl groups excluding tert-OH is 1. The minimum Gasteiger partial charge on any atom is -0.392 e. The van der Waals surface area contributed by atoms with Crippen molar-refractivity contribution in [3.8, 4) is 0 Å². The molecule has 0 bridgehead atoms. The van der Waals surface area contributed by atoms with Crippen LogP contribution in [0.1, 0.15) is 22.6 Å². The maximum absolute atomic E-state index is 9.29. The van der Waals surface area contributed by atoms with E-state index >= 15 is 0 Å². The molecule has 0 aromatic carbocycles. The molecule has 3 rings (SSSR count). The van der Waals surface area contributed by atoms with Gasteiger partial charge in [0, 0.05) is 29.0 Å². The fourth-order valence-corrected chi connectivity index (χ4v) is 2.84. The summed E-state index contributed by atoms with van der Waals surface area (Å²) in [5.74, 6) is 0. The van der Waals surface area contributed by atoms with E-state index in [9.17, 15) is 5.11 Å². The van der Waals surface area contributed by atoms with Crippen molar-refractivity contribution >= 4 is 16.3 Å². The molecule has 94 valence electrons. The fourth-order valence-electron chi connectivity index (χ4n) is 2.12. The molecule has 0 radical (unpaired) electrons. The largest absolute Gasteiger partial charge is 0.392 e. The maximum atomic E-state index is 9.29. The number of aliphatic hydroxyl groups is 1. The Hall–Kier alpha value is -1.66. The van der Waals surface area contributed by atoms with Gasteiger partial charge in [0.2, 0.25) is 0 Å². The molecule has 0 spiro atoms. The number of imidazole rings is 1. The Morgan fingerprint density at radius 2 is 2.22 bits per heavy atom. The molecule has 0 atom stereocenters. The molecule has 0 aliphatic heterocycles. The zero-order valence-electron chi connectivity index (χ0n) is 10.3. The molecule has 18 heavy (non-hydrogen) atoms. The Morgan fingerprint density at radius 3 is 2.89 bits per heavy atom. The summed E-state index contributed by atoms with van der Waals surface area (Å²) in [7, 11) is 0. The van der Waals surface area contributed by atoms with Crippen LogP contribution in [0.25, 0.3) is 4.96 Å². The van der Waals surface area contributed by atoms with E-state index in [1.807, 2.05) is 40.7 Å². The molecule has 5 nitrogen and oxygen atoms in total. The van der Waals surface area contributed by atoms with Crippen molar-refractivity contribution in [2.45, 2.75) is 27.0 Å². The molecular weight excluding hydrogens is 248 g/mol. The summed E-state index contributed by atoms with van der Waals surface area (Å²) in [5.41, 5.74) is 3.79. The zero-order chi connectivity index (χ0) is 12.7. The lowest BCUT2D eigenvalue weighted by atomic mass is 10.2. The highest BCUT2D eigenvalue weighted by molar-refractivity contribution is 7.15. The average molecular weight is 262 g/mol. The summed E-state index contributed by atoms with van der Waals surface area (Å²) < 4.78 is 3.91. The van der Waals surface area contributed by atoms with Crippen LogP contribution in [0, 0.1) is 13.8 Å². The van der Waals surface area contributed by atoms with Crippen LogP contribution in [0.2, 0.25) is 0 Å². The SMILES string of the molecule is Cc1nn(Cc2cn3ccsc3n2)c(C)c1CO. The molecule has 0 unspecified atom stereocenters. The summed E-state index contributed by atoms with van der Waals surface area (Å²) in [4.78, 5) is 5.53. The van der Waals surface area contributed by atoms with Crippen LogP contribution in [0.15, 0.2) is 17.8 Å². The number of hydrogen-bond acceptors (Lipinski definition) is 4. The lowest BCUT2D eigenvalue weighted by Gasteiger charge is -2.01. The number of nitrogens with zero attached hydrogens (tertiary/aromatic N) is 4. The average Bonchev–Trinajstić information content (AvgIpc) is 2.95. The smallest absolute Gasteiger partial charge is 0.193 e. The van der Waals surface area contributed by atoms with Crippen LogP contribution in [-0.2, 0) is 13.2 Å². The highest BCUT2D eigenvalue weighted by Crippen LogP contribution is 2.16. The number of thiazole rings is 1. The summed E-state index contributed by atoms with van der Waals surface area (Å²) >= 11 is 1.62. The van der Waals surface area contributed by atoms with Crippen LogP contribution in [-0.4, -0.2) is 24.3 Å². The second-order valence-corrected chi connectivity index (χ2v) is 5.16. The summed E-state index contributed by atoms with van der Waals surface area (Å²) in [6.45, 7) is 4.57. The van der Waals surface area contributed by atoms with Gasteiger partial charge in [-0.05, 0) is 13.8 Å². The lowest BCUT2D eigenvalue weighted by Crippen LogP contribution is -2.04. The first-order valence-electron chi connectivity index (χ1n) is 5.74. The molecule has 3 aromatic heterocycles. The quantitative estimate of drug-likeness (QED) is 0.782. The molecule has 0 aliphatic rings. The van der Waals surface area contributed by atoms with Crippen molar-refractivity contribution in [3.63, 3.8) is 0 Å². The molecule has 0 aliphatic carbocycles. The molecule has 3 heterocycles. The third-order valence-electron chi connectivity index (χ3n) is 3.14. The van der Waals surface area contributed by atoms with Gasteiger partial charge in [0.15, 0.2) is 4.96 Å². The molecular formula is C12H14N4OS. The van der Waals surface area contributed by atoms with Gasteiger partial charge in [-0.25, -0.2) is 4.98 Å². The molecule has 0 saturated carbocycles. The van der Waals surface area contributed by atoms with Crippen LogP contribution < -0.4 is 0 Å². The molecule has 0 saturated heterocycles. The van der Waals surface area contributed by atoms with Crippen molar-refractivity contribution in [2.24, 2.45) is 0 Å². The van der Waals surface area contributed by atoms with E-state index in [0.717, 1.165) is 27.6 Å². The summed E-state index contributed by atoms with van der Waals surface area (Å²) in [5, 5.41) is 15.7. The second kappa shape index (κ2) is 4.22. The Kier molecular flexibility index (Phi) is 2.68. The monoisotopic (exact) mass is 262 g/mol. The van der Waals surface area contributed by atoms with E-state index in [0.29, 0.717) is 6.54 Å². The summed E-state index contributed by atoms with van der Waals surface area (Å²) in [6.07, 6.45) is 4.01. The van der Waals surface area contributed by atoms with Crippen molar-refractivity contribution in [2.75, 3.05) is 0 Å². The van der Waals surface area contributed by atoms with Gasteiger partial charge >= 0.3 is 0 Å². The van der Waals surface area contributed by atoms with Gasteiger partial charge in [-0.15, -0.1) is 11.3 Å². The maximum Gasteiger partial charge on any atom is 0.193 e. The predicted molar refractivity (Wildman–Crippen MR) is 69.8 cm³/mol. The molecule has 3 aromatic rings. The van der Waals surface area contributed by atoms with Crippen molar-refractivity contribution in [1.29, 1.82) is 0 Å². The Balaban J connectivity index is 1.94. The van der Waals surface area contributed by atoms with Crippen LogP contribution in [0.5, 0.6) is 0 Å². The summed E-state index contributed by atoms with van der Waals surface area (Å²) in [6, 6.07) is 0. The van der Waals surface area contributed by atoms with E-state index in [1.54, 1.807) is 11.3 Å². The van der Waals surface area contributed by atoms with Crippen molar-refractivity contribution < 1.29 is 5.11 Å². The number of rotatable bonds is 3. The van der Waals surface area contributed by atoms with Crippen LogP contribution >= 0.6 is 11.3 Å². The molecule has 1 N–H and O–H groups in total. The van der Waals surface area contributed by atoms with Gasteiger partial charge in [-0.3, -0.25) is 9.08 Å². The van der Waals surface area contributed by atoms with Gasteiger partial charge in [-0.1, -0.05) is 0 Å². The highest BCUT2D eigenvalue weighted by Gasteiger charge is 2.12. The lowest BCUT2D eigenvalue weighted by molar-refractivity contribution is 0.280. The van der Waals surface area contributed by atoms with E-state index in [4.69, 9.17) is 0 Å². The fraction of sp³-hybridized carbons (Fsp3) is 0.333. The molecule has 0 fully saturated rings. The third kappa shape index (κ3) is 1.74. The predicted octanol–water partition coefficient (Wildman–Crippen LogP) is 1.75. The van der Waals surface area contributed by atoms with Gasteiger partial charge < -0.3 is 5.11 Å². The number of fused-ring (bicyclic) bond motifs is 1. The van der Waals surface area contributed by atoms with Crippen molar-refractivity contribution in [1.82, 2.24) is 19.2 Å². The first-order valence-corrected chi connectivity index (χ1v) is 6.62. The van der Waals surface area contributed by atoms with E-state index in [-0.39, 0.29) is 6.61 Å². The van der Waals surface area contributed by atoms with Gasteiger partial charge in [-0.2, -0.15) is 5.10 Å². The Labute approximate surface area is 108 Å². The normalized spacial score (nSPS) is 11.5. The second-order valence-electron chi connectivity index (χ2n) is 4.29. The third-order valence-corrected chi connectivity index (χ3v) is 3.92. The first kappa shape index (κ1) is 11.4. The zero-order valence-corrected chi connectivity index (χ0v) is 11.1. The van der Waals surface area contributed by atoms with E-state index in [2.05, 4.69) is 10.1 Å². The van der Waals surface area contributed by atoms with Gasteiger partial charge in [0.05, 0.1) is 24.5 Å². The minimum absolute atomic E-state index is 0.0376. The minimum atomic E-state index is 0.0376. The topological polar surface area (TPSA) is 55.4 Å². The Morgan fingerprint density at radius 1 is 1.39 bits per heavy atom. The van der Waals surface area contributed by atoms with Gasteiger partial charge in [0.1, 0.15) is 0 Å².